The fourth-order valence-corrected chi connectivity index (χ4v) is 5.08. The Balaban J connectivity index is 1.28. The largest absolute Gasteiger partial charge is 0.365 e. The Morgan fingerprint density at radius 2 is 2.14 bits per heavy atom. The maximum atomic E-state index is 12.8. The second-order valence-corrected chi connectivity index (χ2v) is 8.50. The quantitative estimate of drug-likeness (QED) is 0.851. The van der Waals surface area contributed by atoms with Crippen LogP contribution in [0.3, 0.4) is 0 Å². The monoisotopic (exact) mass is 397 g/mol. The van der Waals surface area contributed by atoms with Gasteiger partial charge >= 0.3 is 0 Å². The Labute approximate surface area is 169 Å². The van der Waals surface area contributed by atoms with E-state index in [1.165, 1.54) is 0 Å². The molecule has 8 heteroatoms. The highest BCUT2D eigenvalue weighted by molar-refractivity contribution is 5.93. The van der Waals surface area contributed by atoms with Crippen LogP contribution in [-0.2, 0) is 21.6 Å². The van der Waals surface area contributed by atoms with E-state index in [9.17, 15) is 9.59 Å². The Morgan fingerprint density at radius 1 is 1.31 bits per heavy atom. The third kappa shape index (κ3) is 2.88. The van der Waals surface area contributed by atoms with Crippen molar-refractivity contribution in [1.82, 2.24) is 24.3 Å². The number of carbonyl (C=O) groups excluding carboxylic acids is 2. The fourth-order valence-electron chi connectivity index (χ4n) is 5.08. The summed E-state index contributed by atoms with van der Waals surface area (Å²) in [6, 6.07) is 3.57. The zero-order valence-electron chi connectivity index (χ0n) is 16.9. The van der Waals surface area contributed by atoms with Crippen molar-refractivity contribution < 1.29 is 14.3 Å². The molecule has 8 nitrogen and oxygen atoms in total. The van der Waals surface area contributed by atoms with E-state index in [-0.39, 0.29) is 35.6 Å². The van der Waals surface area contributed by atoms with Crippen molar-refractivity contribution in [2.75, 3.05) is 13.1 Å². The average molecular weight is 397 g/mol. The molecule has 1 N–H and O–H groups in total. The highest BCUT2D eigenvalue weighted by Gasteiger charge is 2.54. The second kappa shape index (κ2) is 6.73. The van der Waals surface area contributed by atoms with Crippen molar-refractivity contribution in [3.05, 3.63) is 42.2 Å². The van der Waals surface area contributed by atoms with Gasteiger partial charge in [-0.1, -0.05) is 0 Å². The van der Waals surface area contributed by atoms with Crippen molar-refractivity contribution in [1.29, 1.82) is 0 Å². The van der Waals surface area contributed by atoms with E-state index in [0.717, 1.165) is 31.6 Å². The van der Waals surface area contributed by atoms with Crippen LogP contribution in [0, 0.1) is 0 Å². The first kappa shape index (κ1) is 18.4. The predicted octanol–water partition coefficient (Wildman–Crippen LogP) is 1.68. The standard InChI is InChI=1S/C21H27N5O3/c1-3-24-9-4-5-16(24)19(27)23-15-11-21(26-10-8-22-18(15)26)12-25(13-21)20(28)17-7-6-14(2)29-17/h4-5,8-10,14-15,17H,3,6-7,11-13H2,1-2H3,(H,23,27)/t14-,15?,17-/m0/s1. The van der Waals surface area contributed by atoms with E-state index in [4.69, 9.17) is 4.74 Å². The molecular formula is C21H27N5O3. The van der Waals surface area contributed by atoms with Gasteiger partial charge in [-0.15, -0.1) is 0 Å². The maximum absolute atomic E-state index is 12.8. The van der Waals surface area contributed by atoms with Gasteiger partial charge in [-0.05, 0) is 38.8 Å². The number of nitrogens with zero attached hydrogens (tertiary/aromatic N) is 4. The highest BCUT2D eigenvalue weighted by atomic mass is 16.5. The molecule has 0 bridgehead atoms. The molecule has 3 aliphatic rings. The number of fused-ring (bicyclic) bond motifs is 2. The van der Waals surface area contributed by atoms with Gasteiger partial charge in [0.2, 0.25) is 0 Å². The fraction of sp³-hybridized carbons (Fsp3) is 0.571. The molecule has 154 valence electrons. The SMILES string of the molecule is CCn1cccc1C(=O)NC1CC2(CN(C(=O)[C@@H]3CC[C@H](C)O3)C2)n2ccnc21. The molecule has 0 aromatic carbocycles. The summed E-state index contributed by atoms with van der Waals surface area (Å²) >= 11 is 0. The molecule has 3 aliphatic heterocycles. The van der Waals surface area contributed by atoms with Gasteiger partial charge in [0.15, 0.2) is 0 Å². The number of hydrogen-bond donors (Lipinski definition) is 1. The molecule has 2 aromatic heterocycles. The number of nitrogens with one attached hydrogen (secondary N) is 1. The van der Waals surface area contributed by atoms with Crippen LogP contribution in [0.2, 0.25) is 0 Å². The van der Waals surface area contributed by atoms with E-state index in [0.29, 0.717) is 18.8 Å². The number of carbonyl (C=O) groups is 2. The van der Waals surface area contributed by atoms with Crippen LogP contribution in [-0.4, -0.2) is 56.1 Å². The molecule has 2 aromatic rings. The number of aromatic nitrogens is 3. The summed E-state index contributed by atoms with van der Waals surface area (Å²) in [5, 5.41) is 3.16. The molecule has 5 heterocycles. The van der Waals surface area contributed by atoms with Crippen molar-refractivity contribution in [3.8, 4) is 0 Å². The maximum Gasteiger partial charge on any atom is 0.268 e. The molecule has 3 atom stereocenters. The number of rotatable bonds is 4. The first-order chi connectivity index (χ1) is 14.0. The predicted molar refractivity (Wildman–Crippen MR) is 105 cm³/mol. The van der Waals surface area contributed by atoms with E-state index in [1.807, 2.05) is 47.8 Å². The van der Waals surface area contributed by atoms with Gasteiger partial charge in [0.25, 0.3) is 11.8 Å². The number of aryl methyl sites for hydroxylation is 1. The third-order valence-corrected chi connectivity index (χ3v) is 6.57. The van der Waals surface area contributed by atoms with Crippen molar-refractivity contribution in [3.63, 3.8) is 0 Å². The van der Waals surface area contributed by atoms with Gasteiger partial charge in [-0.3, -0.25) is 9.59 Å². The van der Waals surface area contributed by atoms with Crippen LogP contribution in [0.15, 0.2) is 30.7 Å². The molecule has 2 saturated heterocycles. The van der Waals surface area contributed by atoms with Crippen molar-refractivity contribution in [2.45, 2.75) is 63.4 Å². The smallest absolute Gasteiger partial charge is 0.268 e. The molecule has 2 fully saturated rings. The zero-order valence-corrected chi connectivity index (χ0v) is 16.9. The van der Waals surface area contributed by atoms with Crippen LogP contribution >= 0.6 is 0 Å². The van der Waals surface area contributed by atoms with Gasteiger partial charge in [0.1, 0.15) is 17.6 Å². The molecular weight excluding hydrogens is 370 g/mol. The number of imidazole rings is 1. The topological polar surface area (TPSA) is 81.4 Å². The summed E-state index contributed by atoms with van der Waals surface area (Å²) in [5.41, 5.74) is 0.473. The molecule has 0 saturated carbocycles. The summed E-state index contributed by atoms with van der Waals surface area (Å²) in [6.07, 6.45) is 8.00. The Hall–Kier alpha value is -2.61. The summed E-state index contributed by atoms with van der Waals surface area (Å²) in [6.45, 7) is 6.06. The van der Waals surface area contributed by atoms with Gasteiger partial charge in [0, 0.05) is 44.6 Å². The van der Waals surface area contributed by atoms with Gasteiger partial charge in [-0.2, -0.15) is 0 Å². The molecule has 5 rings (SSSR count). The van der Waals surface area contributed by atoms with Crippen molar-refractivity contribution >= 4 is 11.8 Å². The van der Waals surface area contributed by atoms with E-state index < -0.39 is 0 Å². The molecule has 0 aliphatic carbocycles. The normalized spacial score (nSPS) is 27.1. The van der Waals surface area contributed by atoms with E-state index in [2.05, 4.69) is 14.9 Å². The average Bonchev–Trinajstić information content (AvgIpc) is 3.44. The molecule has 2 amide bonds. The Kier molecular flexibility index (Phi) is 4.27. The summed E-state index contributed by atoms with van der Waals surface area (Å²) in [7, 11) is 0. The summed E-state index contributed by atoms with van der Waals surface area (Å²) in [4.78, 5) is 32.0. The summed E-state index contributed by atoms with van der Waals surface area (Å²) < 4.78 is 9.83. The molecule has 0 radical (unpaired) electrons. The number of likely N-dealkylation sites (tertiary alicyclic amines) is 1. The summed E-state index contributed by atoms with van der Waals surface area (Å²) in [5.74, 6) is 0.870. The lowest BCUT2D eigenvalue weighted by molar-refractivity contribution is -0.153. The van der Waals surface area contributed by atoms with Crippen LogP contribution < -0.4 is 5.32 Å². The number of amides is 2. The highest BCUT2D eigenvalue weighted by Crippen LogP contribution is 2.45. The Bertz CT molecular complexity index is 942. The first-order valence-electron chi connectivity index (χ1n) is 10.4. The van der Waals surface area contributed by atoms with Crippen LogP contribution in [0.4, 0.5) is 0 Å². The lowest BCUT2D eigenvalue weighted by atomic mass is 9.85. The first-order valence-corrected chi connectivity index (χ1v) is 10.4. The lowest BCUT2D eigenvalue weighted by Gasteiger charge is -2.49. The van der Waals surface area contributed by atoms with E-state index in [1.54, 1.807) is 6.20 Å². The van der Waals surface area contributed by atoms with Gasteiger partial charge in [-0.25, -0.2) is 4.98 Å². The van der Waals surface area contributed by atoms with Crippen LogP contribution in [0.5, 0.6) is 0 Å². The van der Waals surface area contributed by atoms with Crippen LogP contribution in [0.1, 0.15) is 55.5 Å². The van der Waals surface area contributed by atoms with Crippen LogP contribution in [0.25, 0.3) is 0 Å². The lowest BCUT2D eigenvalue weighted by Crippen LogP contribution is -2.64. The Morgan fingerprint density at radius 3 is 2.86 bits per heavy atom. The molecule has 1 spiro atoms. The zero-order chi connectivity index (χ0) is 20.2. The van der Waals surface area contributed by atoms with Gasteiger partial charge in [0.05, 0.1) is 17.7 Å². The number of ether oxygens (including phenoxy) is 1. The third-order valence-electron chi connectivity index (χ3n) is 6.57. The minimum absolute atomic E-state index is 0.0888. The van der Waals surface area contributed by atoms with Gasteiger partial charge < -0.3 is 24.1 Å². The molecule has 29 heavy (non-hydrogen) atoms. The number of hydrogen-bond acceptors (Lipinski definition) is 4. The van der Waals surface area contributed by atoms with Crippen molar-refractivity contribution in [2.24, 2.45) is 0 Å². The molecule has 1 unspecified atom stereocenters. The second-order valence-electron chi connectivity index (χ2n) is 8.50. The van der Waals surface area contributed by atoms with E-state index >= 15 is 0 Å². The minimum Gasteiger partial charge on any atom is -0.365 e. The minimum atomic E-state index is -0.302.